The Bertz CT molecular complexity index is 1110. The number of nitrogens with one attached hydrogen (secondary N) is 2. The van der Waals surface area contributed by atoms with Gasteiger partial charge in [-0.25, -0.2) is 8.42 Å². The summed E-state index contributed by atoms with van der Waals surface area (Å²) in [6.07, 6.45) is 3.71. The number of rotatable bonds is 4. The van der Waals surface area contributed by atoms with Crippen molar-refractivity contribution >= 4 is 21.8 Å². The van der Waals surface area contributed by atoms with Crippen molar-refractivity contribution in [3.8, 4) is 5.75 Å². The molecule has 0 radical (unpaired) electrons. The molecule has 8 nitrogen and oxygen atoms in total. The predicted octanol–water partition coefficient (Wildman–Crippen LogP) is 1.74. The summed E-state index contributed by atoms with van der Waals surface area (Å²) in [5.41, 5.74) is 7.28. The molecule has 0 unspecified atom stereocenters. The molecular formula is C22H25N3O5S. The molecule has 0 spiro atoms. The van der Waals surface area contributed by atoms with Gasteiger partial charge in [0.15, 0.2) is 0 Å². The van der Waals surface area contributed by atoms with Crippen molar-refractivity contribution in [1.29, 1.82) is 0 Å². The molecule has 0 bridgehead atoms. The second kappa shape index (κ2) is 8.68. The van der Waals surface area contributed by atoms with Crippen LogP contribution in [0.15, 0.2) is 47.4 Å². The van der Waals surface area contributed by atoms with Crippen molar-refractivity contribution in [3.63, 3.8) is 0 Å². The minimum atomic E-state index is -3.59. The first-order valence-electron chi connectivity index (χ1n) is 10.4. The Morgan fingerprint density at radius 3 is 2.45 bits per heavy atom. The number of carbonyl (C=O) groups is 2. The van der Waals surface area contributed by atoms with Crippen LogP contribution in [0.25, 0.3) is 0 Å². The summed E-state index contributed by atoms with van der Waals surface area (Å²) in [6, 6.07) is 11.2. The van der Waals surface area contributed by atoms with Crippen LogP contribution in [0.2, 0.25) is 0 Å². The van der Waals surface area contributed by atoms with Crippen LogP contribution in [0.1, 0.15) is 40.7 Å². The highest BCUT2D eigenvalue weighted by atomic mass is 32.2. The molecule has 9 heteroatoms. The lowest BCUT2D eigenvalue weighted by Gasteiger charge is -2.30. The van der Waals surface area contributed by atoms with Crippen LogP contribution in [0, 0.1) is 5.92 Å². The minimum Gasteiger partial charge on any atom is -0.508 e. The first kappa shape index (κ1) is 21.3. The molecule has 2 aromatic rings. The van der Waals surface area contributed by atoms with Gasteiger partial charge in [0, 0.05) is 24.6 Å². The van der Waals surface area contributed by atoms with Gasteiger partial charge in [0.2, 0.25) is 15.9 Å². The van der Waals surface area contributed by atoms with E-state index in [1.54, 1.807) is 12.1 Å². The van der Waals surface area contributed by atoms with Crippen LogP contribution in [-0.4, -0.2) is 42.7 Å². The van der Waals surface area contributed by atoms with Crippen molar-refractivity contribution in [2.45, 2.75) is 37.0 Å². The smallest absolute Gasteiger partial charge is 0.269 e. The number of sulfonamides is 1. The number of phenolic OH excluding ortho intramolecular Hbond substituents is 1. The summed E-state index contributed by atoms with van der Waals surface area (Å²) in [6.45, 7) is 0.496. The zero-order chi connectivity index (χ0) is 22.0. The Labute approximate surface area is 181 Å². The number of carbonyl (C=O) groups excluding carboxylic acids is 2. The van der Waals surface area contributed by atoms with E-state index in [-0.39, 0.29) is 30.3 Å². The molecule has 1 heterocycles. The van der Waals surface area contributed by atoms with Crippen LogP contribution in [0.3, 0.4) is 0 Å². The molecule has 3 N–H and O–H groups in total. The Morgan fingerprint density at radius 1 is 0.968 bits per heavy atom. The summed E-state index contributed by atoms with van der Waals surface area (Å²) in [5.74, 6) is -1.34. The van der Waals surface area contributed by atoms with Gasteiger partial charge in [0.25, 0.3) is 5.91 Å². The van der Waals surface area contributed by atoms with E-state index in [1.165, 1.54) is 34.1 Å². The zero-order valence-corrected chi connectivity index (χ0v) is 17.8. The van der Waals surface area contributed by atoms with E-state index < -0.39 is 21.8 Å². The molecule has 1 fully saturated rings. The van der Waals surface area contributed by atoms with E-state index in [2.05, 4.69) is 10.9 Å². The maximum absolute atomic E-state index is 13.0. The fraction of sp³-hybridized carbons (Fsp3) is 0.364. The molecule has 0 aromatic heterocycles. The molecule has 0 atom stereocenters. The van der Waals surface area contributed by atoms with Crippen LogP contribution in [0.5, 0.6) is 5.75 Å². The molecule has 1 aliphatic carbocycles. The monoisotopic (exact) mass is 443 g/mol. The fourth-order valence-corrected chi connectivity index (χ4v) is 5.68. The molecule has 1 saturated heterocycles. The van der Waals surface area contributed by atoms with Crippen molar-refractivity contribution in [1.82, 2.24) is 15.2 Å². The van der Waals surface area contributed by atoms with Gasteiger partial charge in [0.1, 0.15) is 5.75 Å². The third-order valence-corrected chi connectivity index (χ3v) is 7.83. The number of amides is 2. The van der Waals surface area contributed by atoms with Gasteiger partial charge < -0.3 is 5.11 Å². The summed E-state index contributed by atoms with van der Waals surface area (Å²) >= 11 is 0. The van der Waals surface area contributed by atoms with Crippen LogP contribution < -0.4 is 10.9 Å². The standard InChI is InChI=1S/C22H25N3O5S/c26-19-6-2-5-18(13-19)22(28)24-23-21(27)16-9-11-25(12-10-16)31(29,30)20-8-7-15-3-1-4-17(15)14-20/h2,5-8,13-14,16,26H,1,3-4,9-12H2,(H,23,27)(H,24,28). The lowest BCUT2D eigenvalue weighted by atomic mass is 9.98. The van der Waals surface area contributed by atoms with Crippen LogP contribution in [0.4, 0.5) is 0 Å². The maximum Gasteiger partial charge on any atom is 0.269 e. The summed E-state index contributed by atoms with van der Waals surface area (Å²) < 4.78 is 27.5. The van der Waals surface area contributed by atoms with E-state index in [9.17, 15) is 23.1 Å². The number of hydrogen-bond donors (Lipinski definition) is 3. The van der Waals surface area contributed by atoms with Crippen molar-refractivity contribution < 1.29 is 23.1 Å². The number of aryl methyl sites for hydroxylation is 2. The van der Waals surface area contributed by atoms with E-state index in [0.29, 0.717) is 17.7 Å². The van der Waals surface area contributed by atoms with Crippen molar-refractivity contribution in [3.05, 3.63) is 59.2 Å². The molecule has 164 valence electrons. The summed E-state index contributed by atoms with van der Waals surface area (Å²) in [4.78, 5) is 24.8. The molecule has 4 rings (SSSR count). The third-order valence-electron chi connectivity index (χ3n) is 5.94. The number of nitrogens with zero attached hydrogens (tertiary/aromatic N) is 1. The summed E-state index contributed by atoms with van der Waals surface area (Å²) in [5, 5.41) is 9.44. The second-order valence-corrected chi connectivity index (χ2v) is 9.89. The topological polar surface area (TPSA) is 116 Å². The Hall–Kier alpha value is -2.91. The normalized spacial score (nSPS) is 17.2. The number of benzene rings is 2. The quantitative estimate of drug-likeness (QED) is 0.623. The molecule has 1 aliphatic heterocycles. The van der Waals surface area contributed by atoms with Gasteiger partial charge in [-0.3, -0.25) is 20.4 Å². The zero-order valence-electron chi connectivity index (χ0n) is 17.0. The second-order valence-electron chi connectivity index (χ2n) is 7.96. The number of piperidine rings is 1. The average molecular weight is 444 g/mol. The lowest BCUT2D eigenvalue weighted by Crippen LogP contribution is -2.48. The number of phenols is 1. The molecular weight excluding hydrogens is 418 g/mol. The molecule has 31 heavy (non-hydrogen) atoms. The van der Waals surface area contributed by atoms with Crippen LogP contribution in [-0.2, 0) is 27.7 Å². The first-order chi connectivity index (χ1) is 14.8. The van der Waals surface area contributed by atoms with Gasteiger partial charge in [-0.15, -0.1) is 0 Å². The predicted molar refractivity (Wildman–Crippen MR) is 114 cm³/mol. The van der Waals surface area contributed by atoms with Crippen LogP contribution >= 0.6 is 0 Å². The minimum absolute atomic E-state index is 0.0454. The molecule has 0 saturated carbocycles. The Morgan fingerprint density at radius 2 is 1.71 bits per heavy atom. The molecule has 2 amide bonds. The maximum atomic E-state index is 13.0. The number of aromatic hydroxyl groups is 1. The van der Waals surface area contributed by atoms with E-state index in [4.69, 9.17) is 0 Å². The highest BCUT2D eigenvalue weighted by Crippen LogP contribution is 2.28. The largest absolute Gasteiger partial charge is 0.508 e. The number of hydrazine groups is 1. The van der Waals surface area contributed by atoms with Gasteiger partial charge >= 0.3 is 0 Å². The van der Waals surface area contributed by atoms with Gasteiger partial charge in [-0.05, 0) is 73.6 Å². The van der Waals surface area contributed by atoms with Gasteiger partial charge in [-0.1, -0.05) is 12.1 Å². The van der Waals surface area contributed by atoms with Gasteiger partial charge in [0.05, 0.1) is 4.90 Å². The Kier molecular flexibility index (Phi) is 5.97. The first-order valence-corrected chi connectivity index (χ1v) is 11.8. The van der Waals surface area contributed by atoms with E-state index in [1.807, 2.05) is 6.07 Å². The summed E-state index contributed by atoms with van der Waals surface area (Å²) in [7, 11) is -3.59. The third kappa shape index (κ3) is 4.57. The molecule has 2 aliphatic rings. The lowest BCUT2D eigenvalue weighted by molar-refractivity contribution is -0.126. The highest BCUT2D eigenvalue weighted by Gasteiger charge is 2.32. The average Bonchev–Trinajstić information content (AvgIpc) is 3.25. The number of hydrogen-bond acceptors (Lipinski definition) is 5. The Balaban J connectivity index is 1.31. The van der Waals surface area contributed by atoms with Gasteiger partial charge in [-0.2, -0.15) is 4.31 Å². The number of fused-ring (bicyclic) bond motifs is 1. The molecule has 2 aromatic carbocycles. The van der Waals surface area contributed by atoms with E-state index in [0.717, 1.165) is 24.8 Å². The van der Waals surface area contributed by atoms with Crippen molar-refractivity contribution in [2.24, 2.45) is 5.92 Å². The fourth-order valence-electron chi connectivity index (χ4n) is 4.16. The highest BCUT2D eigenvalue weighted by molar-refractivity contribution is 7.89. The van der Waals surface area contributed by atoms with E-state index >= 15 is 0 Å². The van der Waals surface area contributed by atoms with Crippen molar-refractivity contribution in [2.75, 3.05) is 13.1 Å². The SMILES string of the molecule is O=C(NNC(=O)C1CCN(S(=O)(=O)c2ccc3c(c2)CCC3)CC1)c1cccc(O)c1.